The largest absolute Gasteiger partial charge is 0.192 e. The molecule has 2 aromatic carbocycles. The molecule has 3 rings (SSSR count). The molecule has 0 fully saturated rings. The Morgan fingerprint density at radius 2 is 1.24 bits per heavy atom. The molecule has 0 aliphatic rings. The van der Waals surface area contributed by atoms with Crippen LogP contribution in [0.4, 0.5) is 0 Å². The Kier molecular flexibility index (Phi) is 4.33. The second-order valence-corrected chi connectivity index (χ2v) is 6.65. The van der Waals surface area contributed by atoms with Gasteiger partial charge in [0.15, 0.2) is 0 Å². The molecule has 1 aromatic heterocycles. The quantitative estimate of drug-likeness (QED) is 0.594. The first kappa shape index (κ1) is 16.8. The van der Waals surface area contributed by atoms with E-state index in [0.717, 1.165) is 0 Å². The average molecular weight is 379 g/mol. The zero-order chi connectivity index (χ0) is 18.1. The Bertz CT molecular complexity index is 1220. The molecule has 116 valence electrons. The Balaban J connectivity index is 2.95. The molecule has 0 radical (unpaired) electrons. The predicted octanol–water partition coefficient (Wildman–Crippen LogP) is 3.76. The Morgan fingerprint density at radius 3 is 1.76 bits per heavy atom. The highest BCUT2D eigenvalue weighted by molar-refractivity contribution is 7.17. The van der Waals surface area contributed by atoms with E-state index in [1.807, 2.05) is 24.3 Å². The van der Waals surface area contributed by atoms with Gasteiger partial charge in [0.2, 0.25) is 0 Å². The molecule has 0 amide bonds. The first-order chi connectivity index (χ1) is 12.1. The van der Waals surface area contributed by atoms with Crippen molar-refractivity contribution in [2.75, 3.05) is 0 Å². The Labute approximate surface area is 155 Å². The number of hydrogen-bond donors (Lipinski definition) is 0. The lowest BCUT2D eigenvalue weighted by Gasteiger charge is -2.07. The van der Waals surface area contributed by atoms with Gasteiger partial charge in [0, 0.05) is 20.5 Å². The predicted molar refractivity (Wildman–Crippen MR) is 97.9 cm³/mol. The SMILES string of the molecule is N#CC(C#N)=c1c2cc(Cl)c(Cl)cc2c(=C(C#N)C#N)c2sccc12. The number of nitriles is 4. The van der Waals surface area contributed by atoms with Crippen molar-refractivity contribution in [3.8, 4) is 24.3 Å². The zero-order valence-corrected chi connectivity index (χ0v) is 14.6. The van der Waals surface area contributed by atoms with Crippen LogP contribution in [0.2, 0.25) is 10.0 Å². The van der Waals surface area contributed by atoms with Crippen LogP contribution in [0, 0.1) is 45.3 Å². The Hall–Kier alpha value is -3.06. The summed E-state index contributed by atoms with van der Waals surface area (Å²) in [5.41, 5.74) is -0.147. The van der Waals surface area contributed by atoms with E-state index >= 15 is 0 Å². The fraction of sp³-hybridized carbons (Fsp3) is 0. The van der Waals surface area contributed by atoms with E-state index in [2.05, 4.69) is 0 Å². The summed E-state index contributed by atoms with van der Waals surface area (Å²) in [7, 11) is 0. The summed E-state index contributed by atoms with van der Waals surface area (Å²) in [6.07, 6.45) is 0. The van der Waals surface area contributed by atoms with E-state index in [-0.39, 0.29) is 21.2 Å². The zero-order valence-electron chi connectivity index (χ0n) is 12.3. The maximum atomic E-state index is 9.36. The van der Waals surface area contributed by atoms with Crippen molar-refractivity contribution in [2.24, 2.45) is 0 Å². The van der Waals surface area contributed by atoms with Gasteiger partial charge in [0.1, 0.15) is 35.4 Å². The number of nitrogens with zero attached hydrogens (tertiary/aromatic N) is 4. The first-order valence-electron chi connectivity index (χ1n) is 6.74. The standard InChI is InChI=1S/C18H4Cl2N4S/c19-14-3-12-13(4-15(14)20)17(10(7-23)8-24)18-11(1-2-25-18)16(12)9(5-21)6-22/h1-4H. The smallest absolute Gasteiger partial charge is 0.138 e. The number of thiophene rings is 1. The minimum atomic E-state index is -0.0752. The van der Waals surface area contributed by atoms with Crippen LogP contribution in [-0.4, -0.2) is 0 Å². The molecule has 7 heteroatoms. The summed E-state index contributed by atoms with van der Waals surface area (Å²) in [5.74, 6) is 0. The minimum Gasteiger partial charge on any atom is -0.192 e. The first-order valence-corrected chi connectivity index (χ1v) is 8.37. The summed E-state index contributed by atoms with van der Waals surface area (Å²) in [5, 5.41) is 42.2. The number of hydrogen-bond acceptors (Lipinski definition) is 5. The van der Waals surface area contributed by atoms with Gasteiger partial charge in [0.25, 0.3) is 0 Å². The highest BCUT2D eigenvalue weighted by Gasteiger charge is 2.15. The van der Waals surface area contributed by atoms with Gasteiger partial charge in [-0.1, -0.05) is 23.2 Å². The average Bonchev–Trinajstić information content (AvgIpc) is 3.09. The van der Waals surface area contributed by atoms with Crippen molar-refractivity contribution >= 4 is 66.5 Å². The molecule has 25 heavy (non-hydrogen) atoms. The van der Waals surface area contributed by atoms with Gasteiger partial charge in [-0.2, -0.15) is 21.0 Å². The van der Waals surface area contributed by atoms with Gasteiger partial charge >= 0.3 is 0 Å². The fourth-order valence-corrected chi connectivity index (χ4v) is 4.01. The molecule has 0 saturated heterocycles. The van der Waals surface area contributed by atoms with Crippen molar-refractivity contribution in [3.63, 3.8) is 0 Å². The molecule has 0 unspecified atom stereocenters. The van der Waals surface area contributed by atoms with Gasteiger partial charge in [-0.3, -0.25) is 0 Å². The van der Waals surface area contributed by atoms with Gasteiger partial charge in [0.05, 0.1) is 10.0 Å². The van der Waals surface area contributed by atoms with E-state index in [9.17, 15) is 21.0 Å². The van der Waals surface area contributed by atoms with Crippen LogP contribution < -0.4 is 10.4 Å². The molecular formula is C18H4Cl2N4S. The van der Waals surface area contributed by atoms with Crippen LogP contribution in [0.5, 0.6) is 0 Å². The number of benzene rings is 2. The topological polar surface area (TPSA) is 95.2 Å². The second kappa shape index (κ2) is 6.45. The minimum absolute atomic E-state index is 0.0714. The van der Waals surface area contributed by atoms with Crippen LogP contribution in [-0.2, 0) is 0 Å². The normalized spacial score (nSPS) is 9.84. The maximum Gasteiger partial charge on any atom is 0.138 e. The van der Waals surface area contributed by atoms with E-state index in [0.29, 0.717) is 31.3 Å². The van der Waals surface area contributed by atoms with Crippen LogP contribution in [0.3, 0.4) is 0 Å². The molecule has 0 saturated carbocycles. The summed E-state index contributed by atoms with van der Waals surface area (Å²) in [6.45, 7) is 0. The third-order valence-electron chi connectivity index (χ3n) is 3.71. The summed E-state index contributed by atoms with van der Waals surface area (Å²) in [6, 6.07) is 12.5. The van der Waals surface area contributed by atoms with Gasteiger partial charge < -0.3 is 0 Å². The van der Waals surface area contributed by atoms with Crippen LogP contribution in [0.15, 0.2) is 23.6 Å². The highest BCUT2D eigenvalue weighted by Crippen LogP contribution is 2.28. The third-order valence-corrected chi connectivity index (χ3v) is 5.36. The summed E-state index contributed by atoms with van der Waals surface area (Å²) < 4.78 is 0.641. The van der Waals surface area contributed by atoms with E-state index in [4.69, 9.17) is 23.2 Å². The molecule has 0 aliphatic heterocycles. The summed E-state index contributed by atoms with van der Waals surface area (Å²) in [4.78, 5) is 0. The van der Waals surface area contributed by atoms with Crippen molar-refractivity contribution < 1.29 is 0 Å². The number of halogens is 2. The molecule has 3 aromatic rings. The lowest BCUT2D eigenvalue weighted by Crippen LogP contribution is -2.17. The Morgan fingerprint density at radius 1 is 0.760 bits per heavy atom. The summed E-state index contributed by atoms with van der Waals surface area (Å²) >= 11 is 13.6. The van der Waals surface area contributed by atoms with E-state index < -0.39 is 0 Å². The third kappa shape index (κ3) is 2.49. The van der Waals surface area contributed by atoms with Gasteiger partial charge in [-0.05, 0) is 34.4 Å². The molecule has 0 spiro atoms. The lowest BCUT2D eigenvalue weighted by atomic mass is 9.98. The lowest BCUT2D eigenvalue weighted by molar-refractivity contribution is 1.50. The van der Waals surface area contributed by atoms with Crippen molar-refractivity contribution in [2.45, 2.75) is 0 Å². The van der Waals surface area contributed by atoms with Crippen LogP contribution in [0.25, 0.3) is 32.0 Å². The maximum absolute atomic E-state index is 9.36. The molecule has 0 atom stereocenters. The fourth-order valence-electron chi connectivity index (χ4n) is 2.72. The molecule has 4 nitrogen and oxygen atoms in total. The highest BCUT2D eigenvalue weighted by atomic mass is 35.5. The van der Waals surface area contributed by atoms with Gasteiger partial charge in [-0.25, -0.2) is 0 Å². The molecule has 0 N–H and O–H groups in total. The van der Waals surface area contributed by atoms with E-state index in [1.165, 1.54) is 11.3 Å². The van der Waals surface area contributed by atoms with Crippen molar-refractivity contribution in [1.82, 2.24) is 0 Å². The van der Waals surface area contributed by atoms with E-state index in [1.54, 1.807) is 23.6 Å². The van der Waals surface area contributed by atoms with Crippen LogP contribution in [0.1, 0.15) is 0 Å². The number of rotatable bonds is 0. The van der Waals surface area contributed by atoms with Crippen molar-refractivity contribution in [3.05, 3.63) is 44.1 Å². The molecule has 0 aliphatic carbocycles. The van der Waals surface area contributed by atoms with Gasteiger partial charge in [-0.15, -0.1) is 11.3 Å². The second-order valence-electron chi connectivity index (χ2n) is 4.92. The van der Waals surface area contributed by atoms with Crippen molar-refractivity contribution in [1.29, 1.82) is 21.0 Å². The van der Waals surface area contributed by atoms with Crippen LogP contribution >= 0.6 is 34.5 Å². The number of fused-ring (bicyclic) bond motifs is 2. The molecule has 1 heterocycles. The molecule has 0 bridgehead atoms. The molecular weight excluding hydrogens is 375 g/mol. The monoisotopic (exact) mass is 378 g/mol.